The number of rotatable bonds is 5. The normalized spacial score (nSPS) is 12.6. The molecule has 2 heteroatoms. The zero-order chi connectivity index (χ0) is 15.6. The molecule has 0 fully saturated rings. The van der Waals surface area contributed by atoms with Gasteiger partial charge in [-0.1, -0.05) is 32.9 Å². The summed E-state index contributed by atoms with van der Waals surface area (Å²) in [5.74, 6) is 0.162. The molecule has 0 radical (unpaired) electrons. The molecule has 1 aromatic rings. The molecule has 2 nitrogen and oxygen atoms in total. The Kier molecular flexibility index (Phi) is 5.15. The monoisotopic (exact) mass is 275 g/mol. The second-order valence-electron chi connectivity index (χ2n) is 7.70. The standard InChI is InChI=1S/C18H29NO/c1-13-8-9-15(10-14(13)2)16(20)11-19-18(6,7)12-17(3,4)5/h8-10,19H,11-12H2,1-7H3. The van der Waals surface area contributed by atoms with Gasteiger partial charge in [-0.05, 0) is 56.7 Å². The maximum atomic E-state index is 12.3. The first-order chi connectivity index (χ1) is 9.00. The smallest absolute Gasteiger partial charge is 0.176 e. The van der Waals surface area contributed by atoms with Gasteiger partial charge in [-0.2, -0.15) is 0 Å². The van der Waals surface area contributed by atoms with Crippen molar-refractivity contribution in [2.24, 2.45) is 5.41 Å². The summed E-state index contributed by atoms with van der Waals surface area (Å²) in [6.45, 7) is 15.5. The second kappa shape index (κ2) is 6.09. The Morgan fingerprint density at radius 1 is 1.05 bits per heavy atom. The van der Waals surface area contributed by atoms with Crippen LogP contribution in [0.2, 0.25) is 0 Å². The number of ketones is 1. The van der Waals surface area contributed by atoms with Gasteiger partial charge < -0.3 is 5.32 Å². The topological polar surface area (TPSA) is 29.1 Å². The van der Waals surface area contributed by atoms with Crippen LogP contribution in [0.3, 0.4) is 0 Å². The maximum absolute atomic E-state index is 12.3. The first-order valence-electron chi connectivity index (χ1n) is 7.36. The molecule has 0 atom stereocenters. The lowest BCUT2D eigenvalue weighted by Gasteiger charge is -2.33. The number of Topliss-reactive ketones (excluding diaryl/α,β-unsaturated/α-hetero) is 1. The molecule has 0 heterocycles. The zero-order valence-corrected chi connectivity index (χ0v) is 14.1. The van der Waals surface area contributed by atoms with Crippen LogP contribution in [0.1, 0.15) is 62.5 Å². The van der Waals surface area contributed by atoms with Crippen molar-refractivity contribution in [3.63, 3.8) is 0 Å². The van der Waals surface area contributed by atoms with E-state index in [0.717, 1.165) is 12.0 Å². The van der Waals surface area contributed by atoms with Gasteiger partial charge in [-0.15, -0.1) is 0 Å². The van der Waals surface area contributed by atoms with E-state index in [2.05, 4.69) is 46.9 Å². The largest absolute Gasteiger partial charge is 0.305 e. The van der Waals surface area contributed by atoms with Crippen LogP contribution in [0.4, 0.5) is 0 Å². The van der Waals surface area contributed by atoms with E-state index in [9.17, 15) is 4.79 Å². The van der Waals surface area contributed by atoms with E-state index < -0.39 is 0 Å². The van der Waals surface area contributed by atoms with Crippen molar-refractivity contribution < 1.29 is 4.79 Å². The van der Waals surface area contributed by atoms with Crippen LogP contribution in [0.15, 0.2) is 18.2 Å². The summed E-state index contributed by atoms with van der Waals surface area (Å²) in [7, 11) is 0. The number of hydrogen-bond acceptors (Lipinski definition) is 2. The molecule has 0 aliphatic carbocycles. The SMILES string of the molecule is Cc1ccc(C(=O)CNC(C)(C)CC(C)(C)C)cc1C. The van der Waals surface area contributed by atoms with E-state index in [-0.39, 0.29) is 16.7 Å². The molecule has 20 heavy (non-hydrogen) atoms. The predicted molar refractivity (Wildman–Crippen MR) is 86.4 cm³/mol. The van der Waals surface area contributed by atoms with Gasteiger partial charge in [0.15, 0.2) is 5.78 Å². The Morgan fingerprint density at radius 3 is 2.15 bits per heavy atom. The molecule has 0 aliphatic rings. The number of carbonyl (C=O) groups excluding carboxylic acids is 1. The highest BCUT2D eigenvalue weighted by Crippen LogP contribution is 2.26. The minimum atomic E-state index is -0.0341. The molecule has 0 saturated heterocycles. The molecule has 1 N–H and O–H groups in total. The number of benzene rings is 1. The van der Waals surface area contributed by atoms with Crippen molar-refractivity contribution in [2.45, 2.75) is 60.4 Å². The van der Waals surface area contributed by atoms with E-state index in [1.165, 1.54) is 11.1 Å². The van der Waals surface area contributed by atoms with Gasteiger partial charge in [0.05, 0.1) is 6.54 Å². The summed E-state index contributed by atoms with van der Waals surface area (Å²) in [5, 5.41) is 3.40. The second-order valence-corrected chi connectivity index (χ2v) is 7.70. The van der Waals surface area contributed by atoms with Crippen molar-refractivity contribution in [3.8, 4) is 0 Å². The van der Waals surface area contributed by atoms with Crippen LogP contribution in [-0.4, -0.2) is 17.9 Å². The molecule has 0 aliphatic heterocycles. The van der Waals surface area contributed by atoms with Crippen LogP contribution in [0.5, 0.6) is 0 Å². The lowest BCUT2D eigenvalue weighted by atomic mass is 9.82. The molecule has 1 aromatic carbocycles. The summed E-state index contributed by atoms with van der Waals surface area (Å²) in [4.78, 5) is 12.3. The Labute approximate surface area is 124 Å². The quantitative estimate of drug-likeness (QED) is 0.812. The lowest BCUT2D eigenvalue weighted by Crippen LogP contribution is -2.44. The molecule has 0 aromatic heterocycles. The van der Waals surface area contributed by atoms with Gasteiger partial charge >= 0.3 is 0 Å². The first-order valence-corrected chi connectivity index (χ1v) is 7.36. The Morgan fingerprint density at radius 2 is 1.65 bits per heavy atom. The first kappa shape index (κ1) is 16.9. The van der Waals surface area contributed by atoms with Crippen molar-refractivity contribution >= 4 is 5.78 Å². The third kappa shape index (κ3) is 5.46. The fourth-order valence-electron chi connectivity index (χ4n) is 2.72. The molecule has 0 amide bonds. The molecular weight excluding hydrogens is 246 g/mol. The molecule has 0 spiro atoms. The van der Waals surface area contributed by atoms with E-state index in [0.29, 0.717) is 6.54 Å². The van der Waals surface area contributed by atoms with Gasteiger partial charge in [-0.25, -0.2) is 0 Å². The molecule has 0 unspecified atom stereocenters. The average Bonchev–Trinajstić information content (AvgIpc) is 2.26. The van der Waals surface area contributed by atoms with E-state index >= 15 is 0 Å². The van der Waals surface area contributed by atoms with Gasteiger partial charge in [-0.3, -0.25) is 4.79 Å². The third-order valence-corrected chi connectivity index (χ3v) is 3.53. The third-order valence-electron chi connectivity index (χ3n) is 3.53. The minimum Gasteiger partial charge on any atom is -0.305 e. The van der Waals surface area contributed by atoms with Crippen LogP contribution >= 0.6 is 0 Å². The minimum absolute atomic E-state index is 0.0341. The van der Waals surface area contributed by atoms with Gasteiger partial charge in [0.1, 0.15) is 0 Å². The number of carbonyl (C=O) groups is 1. The van der Waals surface area contributed by atoms with Crippen molar-refractivity contribution in [3.05, 3.63) is 34.9 Å². The van der Waals surface area contributed by atoms with Gasteiger partial charge in [0, 0.05) is 11.1 Å². The molecule has 0 bridgehead atoms. The molecular formula is C18H29NO. The van der Waals surface area contributed by atoms with Crippen molar-refractivity contribution in [1.82, 2.24) is 5.32 Å². The highest BCUT2D eigenvalue weighted by molar-refractivity contribution is 5.97. The zero-order valence-electron chi connectivity index (χ0n) is 14.1. The summed E-state index contributed by atoms with van der Waals surface area (Å²) >= 11 is 0. The van der Waals surface area contributed by atoms with Crippen molar-refractivity contribution in [2.75, 3.05) is 6.54 Å². The van der Waals surface area contributed by atoms with Gasteiger partial charge in [0.25, 0.3) is 0 Å². The Bertz CT molecular complexity index is 481. The number of nitrogens with one attached hydrogen (secondary N) is 1. The predicted octanol–water partition coefficient (Wildman–Crippen LogP) is 4.29. The van der Waals surface area contributed by atoms with Gasteiger partial charge in [0.2, 0.25) is 0 Å². The fraction of sp³-hybridized carbons (Fsp3) is 0.611. The number of aryl methyl sites for hydroxylation is 2. The highest BCUT2D eigenvalue weighted by atomic mass is 16.1. The maximum Gasteiger partial charge on any atom is 0.176 e. The lowest BCUT2D eigenvalue weighted by molar-refractivity contribution is 0.0973. The van der Waals surface area contributed by atoms with Crippen LogP contribution in [0.25, 0.3) is 0 Å². The highest BCUT2D eigenvalue weighted by Gasteiger charge is 2.25. The summed E-state index contributed by atoms with van der Waals surface area (Å²) in [5.41, 5.74) is 3.41. The van der Waals surface area contributed by atoms with Crippen LogP contribution in [0, 0.1) is 19.3 Å². The van der Waals surface area contributed by atoms with Crippen molar-refractivity contribution in [1.29, 1.82) is 0 Å². The van der Waals surface area contributed by atoms with Crippen LogP contribution < -0.4 is 5.32 Å². The van der Waals surface area contributed by atoms with Crippen LogP contribution in [-0.2, 0) is 0 Å². The van der Waals surface area contributed by atoms with E-state index in [1.807, 2.05) is 25.1 Å². The molecule has 112 valence electrons. The summed E-state index contributed by atoms with van der Waals surface area (Å²) in [6.07, 6.45) is 1.03. The summed E-state index contributed by atoms with van der Waals surface area (Å²) < 4.78 is 0. The summed E-state index contributed by atoms with van der Waals surface area (Å²) in [6, 6.07) is 5.92. The molecule has 1 rings (SSSR count). The average molecular weight is 275 g/mol. The van der Waals surface area contributed by atoms with E-state index in [1.54, 1.807) is 0 Å². The molecule has 0 saturated carbocycles. The van der Waals surface area contributed by atoms with E-state index in [4.69, 9.17) is 0 Å². The fourth-order valence-corrected chi connectivity index (χ4v) is 2.72. The Balaban J connectivity index is 2.65. The number of hydrogen-bond donors (Lipinski definition) is 1. The Hall–Kier alpha value is -1.15.